The molecular formula is C11H19NO. The summed E-state index contributed by atoms with van der Waals surface area (Å²) >= 11 is 0. The molecule has 1 aliphatic heterocycles. The third-order valence-corrected chi connectivity index (χ3v) is 2.72. The van der Waals surface area contributed by atoms with Crippen LogP contribution in [0.15, 0.2) is 12.2 Å². The minimum absolute atomic E-state index is 0.577. The Morgan fingerprint density at radius 3 is 2.62 bits per heavy atom. The molecule has 74 valence electrons. The standard InChI is InChI=1S/C11H19NO/c1-2-12-8-6-11(7-9-12)5-3-4-10-13/h3,5,10-11H,2,4,6-9H2,1H3/b5-3-. The number of aldehydes is 1. The molecule has 0 N–H and O–H groups in total. The predicted octanol–water partition coefficient (Wildman–Crippen LogP) is 1.86. The van der Waals surface area contributed by atoms with E-state index in [1.54, 1.807) is 0 Å². The van der Waals surface area contributed by atoms with Gasteiger partial charge in [0.2, 0.25) is 0 Å². The first-order chi connectivity index (χ1) is 6.36. The zero-order valence-electron chi connectivity index (χ0n) is 8.41. The molecule has 0 radical (unpaired) electrons. The monoisotopic (exact) mass is 181 g/mol. The Bertz CT molecular complexity index is 169. The molecule has 1 fully saturated rings. The largest absolute Gasteiger partial charge is 0.304 e. The Hall–Kier alpha value is -0.630. The summed E-state index contributed by atoms with van der Waals surface area (Å²) in [4.78, 5) is 12.6. The number of piperidine rings is 1. The lowest BCUT2D eigenvalue weighted by atomic mass is 9.96. The minimum Gasteiger partial charge on any atom is -0.304 e. The Morgan fingerprint density at radius 2 is 2.08 bits per heavy atom. The minimum atomic E-state index is 0.577. The zero-order chi connectivity index (χ0) is 9.52. The van der Waals surface area contributed by atoms with Crippen LogP contribution in [-0.2, 0) is 4.79 Å². The molecule has 0 spiro atoms. The highest BCUT2D eigenvalue weighted by Crippen LogP contribution is 2.17. The van der Waals surface area contributed by atoms with Crippen molar-refractivity contribution in [3.8, 4) is 0 Å². The number of rotatable bonds is 4. The molecule has 0 atom stereocenters. The van der Waals surface area contributed by atoms with E-state index in [-0.39, 0.29) is 0 Å². The fraction of sp³-hybridized carbons (Fsp3) is 0.727. The van der Waals surface area contributed by atoms with E-state index in [1.807, 2.05) is 6.08 Å². The molecule has 13 heavy (non-hydrogen) atoms. The van der Waals surface area contributed by atoms with Crippen molar-refractivity contribution in [1.82, 2.24) is 4.90 Å². The number of allylic oxidation sites excluding steroid dienone is 2. The first kappa shape index (κ1) is 10.5. The van der Waals surface area contributed by atoms with Gasteiger partial charge in [-0.2, -0.15) is 0 Å². The summed E-state index contributed by atoms with van der Waals surface area (Å²) in [6.45, 7) is 5.81. The summed E-state index contributed by atoms with van der Waals surface area (Å²) in [5, 5.41) is 0. The molecule has 0 aliphatic carbocycles. The van der Waals surface area contributed by atoms with E-state index in [2.05, 4.69) is 17.9 Å². The number of carbonyl (C=O) groups is 1. The lowest BCUT2D eigenvalue weighted by Gasteiger charge is -2.29. The molecule has 2 heteroatoms. The Balaban J connectivity index is 2.20. The van der Waals surface area contributed by atoms with Gasteiger partial charge < -0.3 is 9.69 Å². The van der Waals surface area contributed by atoms with Crippen LogP contribution in [0.25, 0.3) is 0 Å². The molecule has 1 saturated heterocycles. The zero-order valence-corrected chi connectivity index (χ0v) is 8.41. The summed E-state index contributed by atoms with van der Waals surface area (Å²) in [5.41, 5.74) is 0. The molecule has 0 aromatic carbocycles. The highest BCUT2D eigenvalue weighted by Gasteiger charge is 2.14. The van der Waals surface area contributed by atoms with Crippen molar-refractivity contribution in [2.45, 2.75) is 26.2 Å². The first-order valence-corrected chi connectivity index (χ1v) is 5.19. The quantitative estimate of drug-likeness (QED) is 0.487. The van der Waals surface area contributed by atoms with Crippen molar-refractivity contribution in [2.24, 2.45) is 5.92 Å². The van der Waals surface area contributed by atoms with Crippen LogP contribution >= 0.6 is 0 Å². The number of hydrogen-bond donors (Lipinski definition) is 0. The van der Waals surface area contributed by atoms with Gasteiger partial charge in [0.25, 0.3) is 0 Å². The van der Waals surface area contributed by atoms with E-state index in [0.717, 1.165) is 6.29 Å². The van der Waals surface area contributed by atoms with Crippen LogP contribution in [0, 0.1) is 5.92 Å². The van der Waals surface area contributed by atoms with Gasteiger partial charge in [-0.15, -0.1) is 0 Å². The lowest BCUT2D eigenvalue weighted by molar-refractivity contribution is -0.107. The first-order valence-electron chi connectivity index (χ1n) is 5.19. The molecule has 0 aromatic rings. The van der Waals surface area contributed by atoms with Crippen LogP contribution in [0.3, 0.4) is 0 Å². The smallest absolute Gasteiger partial charge is 0.123 e. The van der Waals surface area contributed by atoms with Gasteiger partial charge in [0.15, 0.2) is 0 Å². The van der Waals surface area contributed by atoms with Crippen molar-refractivity contribution in [1.29, 1.82) is 0 Å². The molecule has 0 bridgehead atoms. The normalized spacial score (nSPS) is 21.0. The van der Waals surface area contributed by atoms with Crippen LogP contribution in [0.1, 0.15) is 26.2 Å². The van der Waals surface area contributed by atoms with Crippen LogP contribution in [-0.4, -0.2) is 30.8 Å². The average molecular weight is 181 g/mol. The molecule has 2 nitrogen and oxygen atoms in total. The summed E-state index contributed by atoms with van der Waals surface area (Å²) < 4.78 is 0. The maximum atomic E-state index is 10.1. The van der Waals surface area contributed by atoms with Crippen molar-refractivity contribution < 1.29 is 4.79 Å². The van der Waals surface area contributed by atoms with Crippen molar-refractivity contribution in [2.75, 3.05) is 19.6 Å². The Labute approximate surface area is 80.6 Å². The second kappa shape index (κ2) is 5.92. The maximum absolute atomic E-state index is 10.1. The van der Waals surface area contributed by atoms with E-state index in [1.165, 1.54) is 32.5 Å². The maximum Gasteiger partial charge on any atom is 0.123 e. The summed E-state index contributed by atoms with van der Waals surface area (Å²) in [7, 11) is 0. The van der Waals surface area contributed by atoms with Gasteiger partial charge in [-0.25, -0.2) is 0 Å². The third kappa shape index (κ3) is 3.73. The fourth-order valence-electron chi connectivity index (χ4n) is 1.79. The van der Waals surface area contributed by atoms with Crippen molar-refractivity contribution in [3.05, 3.63) is 12.2 Å². The van der Waals surface area contributed by atoms with Gasteiger partial charge in [-0.05, 0) is 38.4 Å². The number of carbonyl (C=O) groups excluding carboxylic acids is 1. The summed E-state index contributed by atoms with van der Waals surface area (Å²) in [6, 6.07) is 0. The Morgan fingerprint density at radius 1 is 1.38 bits per heavy atom. The van der Waals surface area contributed by atoms with Crippen LogP contribution in [0.2, 0.25) is 0 Å². The van der Waals surface area contributed by atoms with Gasteiger partial charge in [-0.1, -0.05) is 19.1 Å². The molecular weight excluding hydrogens is 162 g/mol. The van der Waals surface area contributed by atoms with Gasteiger partial charge >= 0.3 is 0 Å². The topological polar surface area (TPSA) is 20.3 Å². The average Bonchev–Trinajstić information content (AvgIpc) is 2.19. The van der Waals surface area contributed by atoms with Gasteiger partial charge in [0.05, 0.1) is 0 Å². The van der Waals surface area contributed by atoms with E-state index in [0.29, 0.717) is 12.3 Å². The molecule has 1 heterocycles. The predicted molar refractivity (Wildman–Crippen MR) is 54.7 cm³/mol. The highest BCUT2D eigenvalue weighted by atomic mass is 16.1. The Kier molecular flexibility index (Phi) is 4.76. The van der Waals surface area contributed by atoms with Crippen LogP contribution in [0.5, 0.6) is 0 Å². The van der Waals surface area contributed by atoms with Crippen molar-refractivity contribution in [3.63, 3.8) is 0 Å². The molecule has 0 saturated carbocycles. The number of likely N-dealkylation sites (tertiary alicyclic amines) is 1. The van der Waals surface area contributed by atoms with E-state index in [9.17, 15) is 4.79 Å². The third-order valence-electron chi connectivity index (χ3n) is 2.72. The highest BCUT2D eigenvalue weighted by molar-refractivity contribution is 5.51. The molecule has 1 rings (SSSR count). The molecule has 0 aromatic heterocycles. The number of nitrogens with zero attached hydrogens (tertiary/aromatic N) is 1. The SMILES string of the molecule is CCN1CCC(/C=C\CC=O)CC1. The van der Waals surface area contributed by atoms with Crippen LogP contribution < -0.4 is 0 Å². The fourth-order valence-corrected chi connectivity index (χ4v) is 1.79. The number of hydrogen-bond acceptors (Lipinski definition) is 2. The van der Waals surface area contributed by atoms with Crippen molar-refractivity contribution >= 4 is 6.29 Å². The van der Waals surface area contributed by atoms with Gasteiger partial charge in [0.1, 0.15) is 6.29 Å². The van der Waals surface area contributed by atoms with Gasteiger partial charge in [0, 0.05) is 6.42 Å². The van der Waals surface area contributed by atoms with E-state index >= 15 is 0 Å². The second-order valence-electron chi connectivity index (χ2n) is 3.60. The molecule has 1 aliphatic rings. The van der Waals surface area contributed by atoms with Crippen LogP contribution in [0.4, 0.5) is 0 Å². The van der Waals surface area contributed by atoms with E-state index in [4.69, 9.17) is 0 Å². The second-order valence-corrected chi connectivity index (χ2v) is 3.60. The summed E-state index contributed by atoms with van der Waals surface area (Å²) in [5.74, 6) is 0.711. The summed E-state index contributed by atoms with van der Waals surface area (Å²) in [6.07, 6.45) is 8.25. The molecule has 0 unspecified atom stereocenters. The molecule has 0 amide bonds. The lowest BCUT2D eigenvalue weighted by Crippen LogP contribution is -2.32. The van der Waals surface area contributed by atoms with E-state index < -0.39 is 0 Å². The van der Waals surface area contributed by atoms with Gasteiger partial charge in [-0.3, -0.25) is 0 Å².